The maximum absolute atomic E-state index is 11.5. The number of carbonyl (C=O) groups excluding carboxylic acids is 2. The number of carbonyl (C=O) groups is 2. The van der Waals surface area contributed by atoms with Crippen molar-refractivity contribution in [2.45, 2.75) is 32.6 Å². The molecule has 0 fully saturated rings. The lowest BCUT2D eigenvalue weighted by Gasteiger charge is -2.33. The molecule has 1 aliphatic carbocycles. The van der Waals surface area contributed by atoms with Gasteiger partial charge in [0.2, 0.25) is 0 Å². The lowest BCUT2D eigenvalue weighted by Crippen LogP contribution is -2.37. The summed E-state index contributed by atoms with van der Waals surface area (Å²) in [6.45, 7) is 4.83. The summed E-state index contributed by atoms with van der Waals surface area (Å²) in [5, 5.41) is 8.95. The predicted octanol–water partition coefficient (Wildman–Crippen LogP) is 1.99. The van der Waals surface area contributed by atoms with Crippen LogP contribution in [0.15, 0.2) is 11.3 Å². The van der Waals surface area contributed by atoms with Gasteiger partial charge in [0.15, 0.2) is 11.6 Å². The van der Waals surface area contributed by atoms with Crippen LogP contribution >= 0.6 is 11.6 Å². The molecule has 14 heavy (non-hydrogen) atoms. The number of Topliss-reactive ketones (excluding diaryl/α,β-unsaturated/α-hetero) is 2. The van der Waals surface area contributed by atoms with Crippen molar-refractivity contribution in [3.05, 3.63) is 11.3 Å². The molecule has 0 saturated heterocycles. The van der Waals surface area contributed by atoms with Gasteiger partial charge in [0.1, 0.15) is 5.76 Å². The standard InChI is InChI=1S/C10H13ClO3/c1-5(12)7-6(13)4-10(2,3)9(11)8(7)14/h9,14H,4H2,1-3H3. The van der Waals surface area contributed by atoms with Crippen molar-refractivity contribution in [2.24, 2.45) is 5.41 Å². The molecule has 0 heterocycles. The monoisotopic (exact) mass is 216 g/mol. The zero-order valence-electron chi connectivity index (χ0n) is 8.43. The Morgan fingerprint density at radius 3 is 2.50 bits per heavy atom. The fourth-order valence-electron chi connectivity index (χ4n) is 1.61. The molecule has 1 aliphatic rings. The number of hydrogen-bond acceptors (Lipinski definition) is 3. The summed E-state index contributed by atoms with van der Waals surface area (Å²) < 4.78 is 0. The van der Waals surface area contributed by atoms with Gasteiger partial charge in [0.25, 0.3) is 0 Å². The number of ketones is 2. The van der Waals surface area contributed by atoms with E-state index in [-0.39, 0.29) is 23.5 Å². The number of aliphatic hydroxyl groups is 1. The topological polar surface area (TPSA) is 54.4 Å². The van der Waals surface area contributed by atoms with E-state index in [2.05, 4.69) is 0 Å². The zero-order chi connectivity index (χ0) is 11.1. The van der Waals surface area contributed by atoms with Gasteiger partial charge in [-0.2, -0.15) is 0 Å². The normalized spacial score (nSPS) is 26.6. The first-order chi connectivity index (χ1) is 6.27. The summed E-state index contributed by atoms with van der Waals surface area (Å²) in [6, 6.07) is 0. The van der Waals surface area contributed by atoms with Crippen molar-refractivity contribution < 1.29 is 14.7 Å². The van der Waals surface area contributed by atoms with E-state index in [1.54, 1.807) is 13.8 Å². The summed E-state index contributed by atoms with van der Waals surface area (Å²) in [4.78, 5) is 22.6. The van der Waals surface area contributed by atoms with Crippen LogP contribution in [0.4, 0.5) is 0 Å². The highest BCUT2D eigenvalue weighted by Crippen LogP contribution is 2.39. The van der Waals surface area contributed by atoms with Crippen LogP contribution in [-0.4, -0.2) is 22.1 Å². The van der Waals surface area contributed by atoms with Crippen LogP contribution in [0.5, 0.6) is 0 Å². The molecule has 0 aromatic heterocycles. The molecule has 1 N–H and O–H groups in total. The number of allylic oxidation sites excluding steroid dienone is 2. The van der Waals surface area contributed by atoms with Gasteiger partial charge >= 0.3 is 0 Å². The van der Waals surface area contributed by atoms with Crippen LogP contribution in [0.3, 0.4) is 0 Å². The van der Waals surface area contributed by atoms with Crippen molar-refractivity contribution in [3.8, 4) is 0 Å². The van der Waals surface area contributed by atoms with Crippen molar-refractivity contribution >= 4 is 23.2 Å². The Labute approximate surface area is 87.7 Å². The highest BCUT2D eigenvalue weighted by molar-refractivity contribution is 6.27. The number of alkyl halides is 1. The molecule has 0 aliphatic heterocycles. The van der Waals surface area contributed by atoms with Gasteiger partial charge in [-0.3, -0.25) is 9.59 Å². The zero-order valence-corrected chi connectivity index (χ0v) is 9.18. The molecule has 1 rings (SSSR count). The summed E-state index contributed by atoms with van der Waals surface area (Å²) in [5.41, 5.74) is -0.633. The molecule has 0 aromatic carbocycles. The molecular formula is C10H13ClO3. The Morgan fingerprint density at radius 2 is 2.07 bits per heavy atom. The highest BCUT2D eigenvalue weighted by Gasteiger charge is 2.42. The second kappa shape index (κ2) is 3.39. The van der Waals surface area contributed by atoms with Gasteiger partial charge < -0.3 is 5.11 Å². The van der Waals surface area contributed by atoms with Crippen molar-refractivity contribution in [2.75, 3.05) is 0 Å². The molecule has 0 saturated carbocycles. The van der Waals surface area contributed by atoms with Crippen molar-refractivity contribution in [1.82, 2.24) is 0 Å². The maximum atomic E-state index is 11.5. The van der Waals surface area contributed by atoms with Gasteiger partial charge in [-0.05, 0) is 12.3 Å². The molecule has 0 radical (unpaired) electrons. The molecule has 0 aromatic rings. The first-order valence-electron chi connectivity index (χ1n) is 4.38. The van der Waals surface area contributed by atoms with Crippen LogP contribution in [0.25, 0.3) is 0 Å². The minimum Gasteiger partial charge on any atom is -0.510 e. The Bertz CT molecular complexity index is 328. The molecule has 4 heteroatoms. The van der Waals surface area contributed by atoms with Gasteiger partial charge in [-0.15, -0.1) is 11.6 Å². The largest absolute Gasteiger partial charge is 0.510 e. The number of rotatable bonds is 1. The SMILES string of the molecule is CC(=O)C1=C(O)C(Cl)C(C)(C)CC1=O. The molecule has 0 bridgehead atoms. The molecular weight excluding hydrogens is 204 g/mol. The molecule has 78 valence electrons. The average Bonchev–Trinajstić information content (AvgIpc) is 1.98. The fraction of sp³-hybridized carbons (Fsp3) is 0.600. The average molecular weight is 217 g/mol. The molecule has 3 nitrogen and oxygen atoms in total. The Hall–Kier alpha value is -0.830. The molecule has 0 amide bonds. The van der Waals surface area contributed by atoms with E-state index < -0.39 is 16.6 Å². The predicted molar refractivity (Wildman–Crippen MR) is 53.4 cm³/mol. The van der Waals surface area contributed by atoms with E-state index in [1.807, 2.05) is 0 Å². The lowest BCUT2D eigenvalue weighted by atomic mass is 9.75. The maximum Gasteiger partial charge on any atom is 0.170 e. The minimum atomic E-state index is -0.668. The van der Waals surface area contributed by atoms with E-state index in [4.69, 9.17) is 11.6 Å². The quantitative estimate of drug-likeness (QED) is 0.539. The van der Waals surface area contributed by atoms with E-state index in [0.29, 0.717) is 0 Å². The molecule has 1 atom stereocenters. The van der Waals surface area contributed by atoms with Gasteiger partial charge in [0.05, 0.1) is 11.0 Å². The highest BCUT2D eigenvalue weighted by atomic mass is 35.5. The van der Waals surface area contributed by atoms with Gasteiger partial charge in [0, 0.05) is 6.42 Å². The van der Waals surface area contributed by atoms with E-state index >= 15 is 0 Å². The van der Waals surface area contributed by atoms with Crippen LogP contribution in [0.2, 0.25) is 0 Å². The van der Waals surface area contributed by atoms with Crippen LogP contribution < -0.4 is 0 Å². The third kappa shape index (κ3) is 1.69. The second-order valence-corrected chi connectivity index (χ2v) is 4.70. The Kier molecular flexibility index (Phi) is 2.72. The Morgan fingerprint density at radius 1 is 1.57 bits per heavy atom. The summed E-state index contributed by atoms with van der Waals surface area (Å²) in [6.07, 6.45) is 0.195. The number of halogens is 1. The Balaban J connectivity index is 3.24. The summed E-state index contributed by atoms with van der Waals surface area (Å²) in [5.74, 6) is -1.02. The fourth-order valence-corrected chi connectivity index (χ4v) is 1.79. The summed E-state index contributed by atoms with van der Waals surface area (Å²) >= 11 is 5.95. The smallest absolute Gasteiger partial charge is 0.170 e. The van der Waals surface area contributed by atoms with E-state index in [9.17, 15) is 14.7 Å². The number of aliphatic hydroxyl groups excluding tert-OH is 1. The van der Waals surface area contributed by atoms with Crippen LogP contribution in [0, 0.1) is 5.41 Å². The first-order valence-corrected chi connectivity index (χ1v) is 4.82. The lowest BCUT2D eigenvalue weighted by molar-refractivity contribution is -0.122. The molecule has 0 spiro atoms. The van der Waals surface area contributed by atoms with Crippen molar-refractivity contribution in [1.29, 1.82) is 0 Å². The third-order valence-corrected chi connectivity index (χ3v) is 3.23. The van der Waals surface area contributed by atoms with E-state index in [0.717, 1.165) is 0 Å². The number of hydrogen-bond donors (Lipinski definition) is 1. The van der Waals surface area contributed by atoms with Crippen molar-refractivity contribution in [3.63, 3.8) is 0 Å². The van der Waals surface area contributed by atoms with Crippen LogP contribution in [0.1, 0.15) is 27.2 Å². The second-order valence-electron chi connectivity index (χ2n) is 4.27. The first kappa shape index (κ1) is 11.2. The van der Waals surface area contributed by atoms with E-state index in [1.165, 1.54) is 6.92 Å². The minimum absolute atomic E-state index is 0.135. The molecule has 1 unspecified atom stereocenters. The van der Waals surface area contributed by atoms with Crippen LogP contribution in [-0.2, 0) is 9.59 Å². The van der Waals surface area contributed by atoms with Gasteiger partial charge in [-0.1, -0.05) is 13.8 Å². The van der Waals surface area contributed by atoms with Gasteiger partial charge in [-0.25, -0.2) is 0 Å². The third-order valence-electron chi connectivity index (χ3n) is 2.43. The summed E-state index contributed by atoms with van der Waals surface area (Å²) in [7, 11) is 0.